The van der Waals surface area contributed by atoms with Crippen molar-refractivity contribution in [1.29, 1.82) is 0 Å². The molecule has 0 saturated heterocycles. The standard InChI is InChI=1S/C22H26N4O5S2/c1-4-26(5-2)33(28,29)19-12-8-17(9-13-19)23-20(27)15-32-22-25-24-21(31-22)14-16-6-10-18(30-3)11-7-16/h6-13H,4-5,14-15H2,1-3H3,(H,23,27). The average Bonchev–Trinajstić information content (AvgIpc) is 3.26. The monoisotopic (exact) mass is 490 g/mol. The first kappa shape index (κ1) is 24.7. The summed E-state index contributed by atoms with van der Waals surface area (Å²) in [5, 5.41) is 11.0. The SMILES string of the molecule is CCN(CC)S(=O)(=O)c1ccc(NC(=O)CSc2nnc(Cc3ccc(OC)cc3)o2)cc1. The Bertz CT molecular complexity index is 1160. The summed E-state index contributed by atoms with van der Waals surface area (Å²) in [5.74, 6) is 1.03. The third kappa shape index (κ3) is 6.56. The van der Waals surface area contributed by atoms with Gasteiger partial charge in [0.2, 0.25) is 21.8 Å². The molecule has 176 valence electrons. The van der Waals surface area contributed by atoms with Crippen LogP contribution >= 0.6 is 11.8 Å². The number of thioether (sulfide) groups is 1. The van der Waals surface area contributed by atoms with E-state index < -0.39 is 10.0 Å². The molecule has 3 rings (SSSR count). The molecule has 0 aliphatic heterocycles. The Morgan fingerprint density at radius 3 is 2.33 bits per heavy atom. The number of rotatable bonds is 11. The zero-order chi connectivity index (χ0) is 23.8. The van der Waals surface area contributed by atoms with Crippen LogP contribution in [0.25, 0.3) is 0 Å². The van der Waals surface area contributed by atoms with E-state index in [1.807, 2.05) is 24.3 Å². The van der Waals surface area contributed by atoms with E-state index in [1.165, 1.54) is 16.4 Å². The first-order chi connectivity index (χ1) is 15.8. The summed E-state index contributed by atoms with van der Waals surface area (Å²) in [6.07, 6.45) is 0.479. The molecule has 0 radical (unpaired) electrons. The van der Waals surface area contributed by atoms with Gasteiger partial charge in [0, 0.05) is 18.8 Å². The van der Waals surface area contributed by atoms with Gasteiger partial charge >= 0.3 is 0 Å². The van der Waals surface area contributed by atoms with Crippen LogP contribution in [0.15, 0.2) is 63.1 Å². The van der Waals surface area contributed by atoms with Gasteiger partial charge in [-0.3, -0.25) is 4.79 Å². The van der Waals surface area contributed by atoms with E-state index in [4.69, 9.17) is 9.15 Å². The van der Waals surface area contributed by atoms with Crippen LogP contribution in [0.1, 0.15) is 25.3 Å². The number of hydrogen-bond donors (Lipinski definition) is 1. The molecule has 2 aromatic carbocycles. The van der Waals surface area contributed by atoms with E-state index in [9.17, 15) is 13.2 Å². The minimum Gasteiger partial charge on any atom is -0.497 e. The summed E-state index contributed by atoms with van der Waals surface area (Å²) >= 11 is 1.13. The van der Waals surface area contributed by atoms with Crippen molar-refractivity contribution in [2.24, 2.45) is 0 Å². The van der Waals surface area contributed by atoms with Crippen LogP contribution in [0.4, 0.5) is 5.69 Å². The summed E-state index contributed by atoms with van der Waals surface area (Å²) < 4.78 is 37.2. The van der Waals surface area contributed by atoms with Gasteiger partial charge < -0.3 is 14.5 Å². The predicted molar refractivity (Wildman–Crippen MR) is 126 cm³/mol. The van der Waals surface area contributed by atoms with E-state index in [-0.39, 0.29) is 16.6 Å². The fourth-order valence-corrected chi connectivity index (χ4v) is 5.07. The number of carbonyl (C=O) groups excluding carboxylic acids is 1. The minimum absolute atomic E-state index is 0.0731. The van der Waals surface area contributed by atoms with Gasteiger partial charge in [-0.15, -0.1) is 10.2 Å². The average molecular weight is 491 g/mol. The normalized spacial score (nSPS) is 11.5. The zero-order valence-corrected chi connectivity index (χ0v) is 20.3. The van der Waals surface area contributed by atoms with Crippen LogP contribution in [-0.4, -0.2) is 54.8 Å². The Morgan fingerprint density at radius 1 is 1.06 bits per heavy atom. The first-order valence-electron chi connectivity index (χ1n) is 10.3. The molecular weight excluding hydrogens is 464 g/mol. The summed E-state index contributed by atoms with van der Waals surface area (Å²) in [7, 11) is -1.92. The molecule has 33 heavy (non-hydrogen) atoms. The summed E-state index contributed by atoms with van der Waals surface area (Å²) in [4.78, 5) is 12.5. The lowest BCUT2D eigenvalue weighted by atomic mass is 10.1. The number of methoxy groups -OCH3 is 1. The molecule has 0 spiro atoms. The molecule has 0 saturated carbocycles. The number of anilines is 1. The van der Waals surface area contributed by atoms with Crippen molar-refractivity contribution >= 4 is 33.4 Å². The number of nitrogens with zero attached hydrogens (tertiary/aromatic N) is 3. The molecule has 3 aromatic rings. The molecule has 0 aliphatic rings. The first-order valence-corrected chi connectivity index (χ1v) is 12.8. The van der Waals surface area contributed by atoms with Crippen molar-refractivity contribution in [3.63, 3.8) is 0 Å². The second kappa shape index (κ2) is 11.3. The van der Waals surface area contributed by atoms with E-state index in [2.05, 4.69) is 15.5 Å². The van der Waals surface area contributed by atoms with Gasteiger partial charge in [-0.25, -0.2) is 8.42 Å². The number of sulfonamides is 1. The lowest BCUT2D eigenvalue weighted by molar-refractivity contribution is -0.113. The molecule has 0 atom stereocenters. The summed E-state index contributed by atoms with van der Waals surface area (Å²) in [5.41, 5.74) is 1.50. The van der Waals surface area contributed by atoms with Crippen molar-refractivity contribution < 1.29 is 22.4 Å². The van der Waals surface area contributed by atoms with E-state index in [0.717, 1.165) is 23.1 Å². The van der Waals surface area contributed by atoms with Gasteiger partial charge in [0.25, 0.3) is 5.22 Å². The highest BCUT2D eigenvalue weighted by Crippen LogP contribution is 2.21. The van der Waals surface area contributed by atoms with Crippen LogP contribution in [0.2, 0.25) is 0 Å². The van der Waals surface area contributed by atoms with Gasteiger partial charge in [-0.1, -0.05) is 37.7 Å². The van der Waals surface area contributed by atoms with E-state index >= 15 is 0 Å². The number of ether oxygens (including phenoxy) is 1. The maximum Gasteiger partial charge on any atom is 0.277 e. The molecule has 0 bridgehead atoms. The lowest BCUT2D eigenvalue weighted by Crippen LogP contribution is -2.30. The predicted octanol–water partition coefficient (Wildman–Crippen LogP) is 3.43. The van der Waals surface area contributed by atoms with Crippen molar-refractivity contribution in [2.45, 2.75) is 30.4 Å². The van der Waals surface area contributed by atoms with Gasteiger partial charge in [0.1, 0.15) is 5.75 Å². The molecule has 1 amide bonds. The van der Waals surface area contributed by atoms with Crippen molar-refractivity contribution in [2.75, 3.05) is 31.3 Å². The molecule has 1 N–H and O–H groups in total. The third-order valence-electron chi connectivity index (χ3n) is 4.77. The number of nitrogens with one attached hydrogen (secondary N) is 1. The lowest BCUT2D eigenvalue weighted by Gasteiger charge is -2.18. The molecule has 11 heteroatoms. The van der Waals surface area contributed by atoms with Crippen LogP contribution in [-0.2, 0) is 21.2 Å². The third-order valence-corrected chi connectivity index (χ3v) is 7.65. The number of aromatic nitrogens is 2. The molecule has 0 unspecified atom stereocenters. The Balaban J connectivity index is 1.51. The second-order valence-corrected chi connectivity index (χ2v) is 9.80. The Morgan fingerprint density at radius 2 is 1.73 bits per heavy atom. The molecular formula is C22H26N4O5S2. The molecule has 9 nitrogen and oxygen atoms in total. The van der Waals surface area contributed by atoms with Crippen LogP contribution in [0.3, 0.4) is 0 Å². The highest BCUT2D eigenvalue weighted by Gasteiger charge is 2.21. The largest absolute Gasteiger partial charge is 0.497 e. The summed E-state index contributed by atoms with van der Waals surface area (Å²) in [6, 6.07) is 13.7. The fourth-order valence-electron chi connectivity index (χ4n) is 3.03. The molecule has 0 fully saturated rings. The van der Waals surface area contributed by atoms with Gasteiger partial charge in [0.05, 0.1) is 24.2 Å². The second-order valence-electron chi connectivity index (χ2n) is 6.94. The van der Waals surface area contributed by atoms with Crippen LogP contribution in [0.5, 0.6) is 5.75 Å². The maximum absolute atomic E-state index is 12.5. The Hall–Kier alpha value is -2.89. The van der Waals surface area contributed by atoms with Gasteiger partial charge in [-0.2, -0.15) is 4.31 Å². The summed E-state index contributed by atoms with van der Waals surface area (Å²) in [6.45, 7) is 4.37. The maximum atomic E-state index is 12.5. The smallest absolute Gasteiger partial charge is 0.277 e. The Labute approximate surface area is 197 Å². The fraction of sp³-hybridized carbons (Fsp3) is 0.318. The highest BCUT2D eigenvalue weighted by molar-refractivity contribution is 7.99. The minimum atomic E-state index is -3.53. The number of hydrogen-bond acceptors (Lipinski definition) is 8. The van der Waals surface area contributed by atoms with E-state index in [1.54, 1.807) is 33.1 Å². The van der Waals surface area contributed by atoms with Gasteiger partial charge in [0.15, 0.2) is 0 Å². The van der Waals surface area contributed by atoms with Crippen LogP contribution in [0, 0.1) is 0 Å². The number of carbonyl (C=O) groups is 1. The molecule has 1 heterocycles. The quantitative estimate of drug-likeness (QED) is 0.407. The topological polar surface area (TPSA) is 115 Å². The van der Waals surface area contributed by atoms with E-state index in [0.29, 0.717) is 36.3 Å². The number of amides is 1. The van der Waals surface area contributed by atoms with Crippen molar-refractivity contribution in [1.82, 2.24) is 14.5 Å². The van der Waals surface area contributed by atoms with Gasteiger partial charge in [-0.05, 0) is 42.0 Å². The number of benzene rings is 2. The highest BCUT2D eigenvalue weighted by atomic mass is 32.2. The zero-order valence-electron chi connectivity index (χ0n) is 18.6. The van der Waals surface area contributed by atoms with Crippen molar-refractivity contribution in [3.8, 4) is 5.75 Å². The molecule has 0 aliphatic carbocycles. The Kier molecular flexibility index (Phi) is 8.48. The molecule has 1 aromatic heterocycles. The van der Waals surface area contributed by atoms with Crippen LogP contribution < -0.4 is 10.1 Å². The van der Waals surface area contributed by atoms with Crippen molar-refractivity contribution in [3.05, 3.63) is 60.0 Å².